The number of nitrogens with one attached hydrogen (secondary N) is 2. The molecule has 108 valence electrons. The third kappa shape index (κ3) is 4.05. The zero-order valence-electron chi connectivity index (χ0n) is 11.8. The lowest BCUT2D eigenvalue weighted by Crippen LogP contribution is -2.47. The fourth-order valence-corrected chi connectivity index (χ4v) is 2.52. The molecule has 1 aliphatic carbocycles. The van der Waals surface area contributed by atoms with E-state index in [4.69, 9.17) is 0 Å². The first-order valence-corrected chi connectivity index (χ1v) is 7.15. The normalized spacial score (nSPS) is 22.1. The van der Waals surface area contributed by atoms with Gasteiger partial charge in [-0.15, -0.1) is 0 Å². The monoisotopic (exact) mass is 275 g/mol. The van der Waals surface area contributed by atoms with E-state index in [9.17, 15) is 9.59 Å². The largest absolute Gasteiger partial charge is 0.345 e. The summed E-state index contributed by atoms with van der Waals surface area (Å²) < 4.78 is 0. The van der Waals surface area contributed by atoms with Crippen LogP contribution in [0.5, 0.6) is 0 Å². The van der Waals surface area contributed by atoms with Crippen molar-refractivity contribution in [2.75, 3.05) is 0 Å². The molecule has 2 atom stereocenters. The number of hydrogen-bond donors (Lipinski definition) is 2. The summed E-state index contributed by atoms with van der Waals surface area (Å²) >= 11 is 0. The van der Waals surface area contributed by atoms with Gasteiger partial charge in [0, 0.05) is 12.2 Å². The summed E-state index contributed by atoms with van der Waals surface area (Å²) in [5.41, 5.74) is 0.736. The second-order valence-corrected chi connectivity index (χ2v) is 5.35. The van der Waals surface area contributed by atoms with Crippen LogP contribution in [-0.4, -0.2) is 22.8 Å². The van der Waals surface area contributed by atoms with Crippen LogP contribution >= 0.6 is 0 Å². The van der Waals surface area contributed by atoms with Gasteiger partial charge in [0.25, 0.3) is 0 Å². The van der Waals surface area contributed by atoms with E-state index in [-0.39, 0.29) is 12.6 Å². The molecule has 1 aromatic heterocycles. The first-order chi connectivity index (χ1) is 9.66. The highest BCUT2D eigenvalue weighted by molar-refractivity contribution is 6.35. The van der Waals surface area contributed by atoms with Crippen LogP contribution in [0.25, 0.3) is 0 Å². The minimum Gasteiger partial charge on any atom is -0.345 e. The zero-order chi connectivity index (χ0) is 14.4. The summed E-state index contributed by atoms with van der Waals surface area (Å²) in [5.74, 6) is -0.690. The van der Waals surface area contributed by atoms with Gasteiger partial charge in [0.1, 0.15) is 0 Å². The van der Waals surface area contributed by atoms with Crippen molar-refractivity contribution in [2.24, 2.45) is 5.92 Å². The van der Waals surface area contributed by atoms with Gasteiger partial charge >= 0.3 is 11.8 Å². The summed E-state index contributed by atoms with van der Waals surface area (Å²) in [6, 6.07) is 5.58. The number of hydrogen-bond acceptors (Lipinski definition) is 3. The summed E-state index contributed by atoms with van der Waals surface area (Å²) in [4.78, 5) is 27.7. The minimum absolute atomic E-state index is 0.122. The minimum atomic E-state index is -0.589. The van der Waals surface area contributed by atoms with Gasteiger partial charge < -0.3 is 10.6 Å². The van der Waals surface area contributed by atoms with E-state index in [1.54, 1.807) is 12.3 Å². The van der Waals surface area contributed by atoms with Gasteiger partial charge in [0.2, 0.25) is 0 Å². The van der Waals surface area contributed by atoms with Crippen LogP contribution in [0.15, 0.2) is 24.4 Å². The molecule has 1 saturated carbocycles. The van der Waals surface area contributed by atoms with Crippen molar-refractivity contribution in [3.63, 3.8) is 0 Å². The van der Waals surface area contributed by atoms with Crippen molar-refractivity contribution in [1.29, 1.82) is 0 Å². The molecule has 1 fully saturated rings. The Balaban J connectivity index is 1.78. The number of aromatic nitrogens is 1. The standard InChI is InChI=1S/C15H21N3O2/c1-11-6-2-3-8-13(11)18-15(20)14(19)17-10-12-7-4-5-9-16-12/h4-5,7,9,11,13H,2-3,6,8,10H2,1H3,(H,17,19)(H,18,20)/t11-,13-/m0/s1. The van der Waals surface area contributed by atoms with Crippen molar-refractivity contribution >= 4 is 11.8 Å². The number of carbonyl (C=O) groups is 2. The maximum Gasteiger partial charge on any atom is 0.309 e. The third-order valence-electron chi connectivity index (χ3n) is 3.79. The molecule has 0 aliphatic heterocycles. The molecule has 2 N–H and O–H groups in total. The average Bonchev–Trinajstić information content (AvgIpc) is 2.48. The lowest BCUT2D eigenvalue weighted by Gasteiger charge is -2.29. The number of nitrogens with zero attached hydrogens (tertiary/aromatic N) is 1. The highest BCUT2D eigenvalue weighted by Crippen LogP contribution is 2.23. The first-order valence-electron chi connectivity index (χ1n) is 7.15. The Morgan fingerprint density at radius 1 is 1.25 bits per heavy atom. The van der Waals surface area contributed by atoms with E-state index in [0.29, 0.717) is 5.92 Å². The Labute approximate surface area is 119 Å². The van der Waals surface area contributed by atoms with Gasteiger partial charge in [-0.25, -0.2) is 0 Å². The van der Waals surface area contributed by atoms with Crippen LogP contribution < -0.4 is 10.6 Å². The topological polar surface area (TPSA) is 71.1 Å². The second-order valence-electron chi connectivity index (χ2n) is 5.35. The number of rotatable bonds is 3. The van der Waals surface area contributed by atoms with Crippen molar-refractivity contribution in [1.82, 2.24) is 15.6 Å². The number of pyridine rings is 1. The van der Waals surface area contributed by atoms with E-state index in [0.717, 1.165) is 25.0 Å². The maximum absolute atomic E-state index is 11.8. The molecule has 5 heteroatoms. The van der Waals surface area contributed by atoms with Crippen LogP contribution in [0.2, 0.25) is 0 Å². The Kier molecular flexibility index (Phi) is 5.09. The van der Waals surface area contributed by atoms with Gasteiger partial charge in [-0.05, 0) is 30.9 Å². The quantitative estimate of drug-likeness (QED) is 0.819. The number of amides is 2. The zero-order valence-corrected chi connectivity index (χ0v) is 11.8. The van der Waals surface area contributed by atoms with Gasteiger partial charge in [-0.3, -0.25) is 14.6 Å². The summed E-state index contributed by atoms with van der Waals surface area (Å²) in [6.07, 6.45) is 6.05. The number of carbonyl (C=O) groups excluding carboxylic acids is 2. The van der Waals surface area contributed by atoms with Gasteiger partial charge in [0.05, 0.1) is 12.2 Å². The molecule has 0 radical (unpaired) electrons. The molecular formula is C15H21N3O2. The highest BCUT2D eigenvalue weighted by Gasteiger charge is 2.25. The molecule has 0 spiro atoms. The predicted octanol–water partition coefficient (Wildman–Crippen LogP) is 1.39. The first kappa shape index (κ1) is 14.5. The van der Waals surface area contributed by atoms with E-state index in [2.05, 4.69) is 22.5 Å². The van der Waals surface area contributed by atoms with Crippen LogP contribution in [0.1, 0.15) is 38.3 Å². The molecule has 1 aromatic rings. The fraction of sp³-hybridized carbons (Fsp3) is 0.533. The van der Waals surface area contributed by atoms with E-state index >= 15 is 0 Å². The lowest BCUT2D eigenvalue weighted by molar-refractivity contribution is -0.140. The van der Waals surface area contributed by atoms with Crippen LogP contribution in [-0.2, 0) is 16.1 Å². The summed E-state index contributed by atoms with van der Waals surface area (Å²) in [6.45, 7) is 2.39. The van der Waals surface area contributed by atoms with E-state index < -0.39 is 11.8 Å². The Morgan fingerprint density at radius 2 is 2.05 bits per heavy atom. The Hall–Kier alpha value is -1.91. The molecule has 2 amide bonds. The molecule has 5 nitrogen and oxygen atoms in total. The molecule has 0 bridgehead atoms. The molecular weight excluding hydrogens is 254 g/mol. The van der Waals surface area contributed by atoms with Crippen molar-refractivity contribution < 1.29 is 9.59 Å². The van der Waals surface area contributed by atoms with Crippen LogP contribution in [0.3, 0.4) is 0 Å². The Morgan fingerprint density at radius 3 is 2.75 bits per heavy atom. The van der Waals surface area contributed by atoms with Gasteiger partial charge in [0.15, 0.2) is 0 Å². The highest BCUT2D eigenvalue weighted by atomic mass is 16.2. The second kappa shape index (κ2) is 7.03. The van der Waals surface area contributed by atoms with E-state index in [1.165, 1.54) is 6.42 Å². The van der Waals surface area contributed by atoms with Gasteiger partial charge in [-0.1, -0.05) is 25.8 Å². The molecule has 1 aliphatic rings. The molecule has 0 saturated heterocycles. The van der Waals surface area contributed by atoms with Crippen LogP contribution in [0.4, 0.5) is 0 Å². The SMILES string of the molecule is C[C@H]1CCCC[C@@H]1NC(=O)C(=O)NCc1ccccn1. The summed E-state index contributed by atoms with van der Waals surface area (Å²) in [7, 11) is 0. The molecule has 2 rings (SSSR count). The van der Waals surface area contributed by atoms with Gasteiger partial charge in [-0.2, -0.15) is 0 Å². The average molecular weight is 275 g/mol. The smallest absolute Gasteiger partial charge is 0.309 e. The fourth-order valence-electron chi connectivity index (χ4n) is 2.52. The van der Waals surface area contributed by atoms with Crippen molar-refractivity contribution in [3.05, 3.63) is 30.1 Å². The van der Waals surface area contributed by atoms with Crippen molar-refractivity contribution in [3.8, 4) is 0 Å². The molecule has 1 heterocycles. The van der Waals surface area contributed by atoms with Crippen LogP contribution in [0, 0.1) is 5.92 Å². The third-order valence-corrected chi connectivity index (χ3v) is 3.79. The molecule has 20 heavy (non-hydrogen) atoms. The molecule has 0 aromatic carbocycles. The predicted molar refractivity (Wildman–Crippen MR) is 75.6 cm³/mol. The lowest BCUT2D eigenvalue weighted by atomic mass is 9.86. The Bertz CT molecular complexity index is 461. The van der Waals surface area contributed by atoms with Crippen molar-refractivity contribution in [2.45, 2.75) is 45.2 Å². The van der Waals surface area contributed by atoms with E-state index in [1.807, 2.05) is 12.1 Å². The molecule has 0 unspecified atom stereocenters. The maximum atomic E-state index is 11.8. The summed E-state index contributed by atoms with van der Waals surface area (Å²) in [5, 5.41) is 5.42.